The van der Waals surface area contributed by atoms with Crippen molar-refractivity contribution in [3.05, 3.63) is 46.7 Å². The molecule has 2 amide bonds. The molecule has 166 valence electrons. The molecule has 4 rings (SSSR count). The van der Waals surface area contributed by atoms with Gasteiger partial charge in [0.15, 0.2) is 5.82 Å². The highest BCUT2D eigenvalue weighted by Crippen LogP contribution is 2.32. The Hall–Kier alpha value is -3.11. The summed E-state index contributed by atoms with van der Waals surface area (Å²) in [4.78, 5) is 38.1. The highest BCUT2D eigenvalue weighted by atomic mass is 79.9. The van der Waals surface area contributed by atoms with Crippen molar-refractivity contribution in [1.82, 2.24) is 20.6 Å². The summed E-state index contributed by atoms with van der Waals surface area (Å²) in [5.74, 6) is 0.427. The van der Waals surface area contributed by atoms with Gasteiger partial charge < -0.3 is 20.1 Å². The fourth-order valence-corrected chi connectivity index (χ4v) is 3.93. The van der Waals surface area contributed by atoms with Crippen LogP contribution >= 0.6 is 15.9 Å². The van der Waals surface area contributed by atoms with Crippen LogP contribution in [-0.4, -0.2) is 60.4 Å². The van der Waals surface area contributed by atoms with E-state index in [2.05, 4.69) is 36.5 Å². The smallest absolute Gasteiger partial charge is 0.245 e. The van der Waals surface area contributed by atoms with Gasteiger partial charge in [0.2, 0.25) is 11.8 Å². The number of hydrogen-bond donors (Lipinski definition) is 2. The van der Waals surface area contributed by atoms with E-state index in [0.717, 1.165) is 10.9 Å². The number of carbonyl (C=O) groups excluding carboxylic acids is 2. The molecule has 0 saturated carbocycles. The van der Waals surface area contributed by atoms with Crippen LogP contribution in [-0.2, 0) is 14.3 Å². The molecule has 1 aliphatic heterocycles. The second kappa shape index (κ2) is 10.0. The van der Waals surface area contributed by atoms with Gasteiger partial charge in [-0.3, -0.25) is 9.59 Å². The molecule has 1 aromatic carbocycles. The first-order valence-corrected chi connectivity index (χ1v) is 11.0. The number of nitrogens with zero attached hydrogens (tertiary/aromatic N) is 3. The van der Waals surface area contributed by atoms with Gasteiger partial charge in [-0.1, -0.05) is 22.0 Å². The zero-order valence-electron chi connectivity index (χ0n) is 17.4. The molecule has 10 heteroatoms. The zero-order chi connectivity index (χ0) is 22.5. The standard InChI is InChI=1S/C22H22BrN5O4/c1-31-18-6-4-16(23)14-10-19(29)25-11-20(30)24-7-2-8-32-13-3-5-17-15(9-13)22(27-12-26-17)28-21(14)18/h3-5,9-10,12,18H,2,6-8,11H2,1H3,(H,24,30)(H,25,29). The van der Waals surface area contributed by atoms with Gasteiger partial charge in [0.25, 0.3) is 0 Å². The number of halogens is 1. The Morgan fingerprint density at radius 1 is 1.22 bits per heavy atom. The summed E-state index contributed by atoms with van der Waals surface area (Å²) in [6, 6.07) is 5.53. The third-order valence-corrected chi connectivity index (χ3v) is 5.81. The molecule has 2 heterocycles. The van der Waals surface area contributed by atoms with E-state index in [1.54, 1.807) is 7.11 Å². The lowest BCUT2D eigenvalue weighted by Crippen LogP contribution is -2.37. The van der Waals surface area contributed by atoms with Crippen molar-refractivity contribution in [3.63, 3.8) is 0 Å². The number of methoxy groups -OCH3 is 1. The first kappa shape index (κ1) is 22.1. The van der Waals surface area contributed by atoms with Gasteiger partial charge in [0.1, 0.15) is 18.2 Å². The Balaban J connectivity index is 1.85. The number of amides is 2. The van der Waals surface area contributed by atoms with Gasteiger partial charge in [0.05, 0.1) is 24.4 Å². The number of benzene rings is 1. The fourth-order valence-electron chi connectivity index (χ4n) is 3.43. The van der Waals surface area contributed by atoms with Gasteiger partial charge >= 0.3 is 0 Å². The molecule has 2 bridgehead atoms. The molecule has 2 aromatic rings. The Labute approximate surface area is 193 Å². The minimum absolute atomic E-state index is 0.127. The number of fused-ring (bicyclic) bond motifs is 2. The molecule has 2 N–H and O–H groups in total. The van der Waals surface area contributed by atoms with E-state index in [1.165, 1.54) is 12.4 Å². The molecule has 1 aromatic heterocycles. The Kier molecular flexibility index (Phi) is 6.91. The van der Waals surface area contributed by atoms with E-state index in [1.807, 2.05) is 24.3 Å². The molecular formula is C22H22BrN5O4. The highest BCUT2D eigenvalue weighted by molar-refractivity contribution is 9.12. The number of rotatable bonds is 1. The first-order chi connectivity index (χ1) is 15.5. The second-order valence-corrected chi connectivity index (χ2v) is 8.07. The van der Waals surface area contributed by atoms with Crippen molar-refractivity contribution in [2.75, 3.05) is 26.8 Å². The summed E-state index contributed by atoms with van der Waals surface area (Å²) in [6.07, 6.45) is 5.61. The Bertz CT molecular complexity index is 1140. The minimum Gasteiger partial charge on any atom is -0.494 e. The van der Waals surface area contributed by atoms with E-state index in [9.17, 15) is 9.59 Å². The summed E-state index contributed by atoms with van der Waals surface area (Å²) < 4.78 is 12.2. The average molecular weight is 500 g/mol. The van der Waals surface area contributed by atoms with Crippen LogP contribution in [0.4, 0.5) is 5.82 Å². The van der Waals surface area contributed by atoms with Crippen molar-refractivity contribution >= 4 is 50.2 Å². The van der Waals surface area contributed by atoms with Crippen LogP contribution < -0.4 is 15.4 Å². The maximum atomic E-state index is 12.5. The molecular weight excluding hydrogens is 478 g/mol. The van der Waals surface area contributed by atoms with Crippen LogP contribution in [0.15, 0.2) is 51.7 Å². The Morgan fingerprint density at radius 2 is 2.09 bits per heavy atom. The molecule has 0 spiro atoms. The van der Waals surface area contributed by atoms with Gasteiger partial charge in [0, 0.05) is 35.2 Å². The Morgan fingerprint density at radius 3 is 2.94 bits per heavy atom. The van der Waals surface area contributed by atoms with Crippen LogP contribution in [0.3, 0.4) is 0 Å². The number of allylic oxidation sites excluding steroid dienone is 1. The largest absolute Gasteiger partial charge is 0.494 e. The molecule has 32 heavy (non-hydrogen) atoms. The quantitative estimate of drug-likeness (QED) is 0.622. The van der Waals surface area contributed by atoms with E-state index >= 15 is 0 Å². The maximum absolute atomic E-state index is 12.5. The SMILES string of the molecule is COC1CC=C(Br)C2=CC(=O)NCC(=O)NCCCOc3ccc4ncnc(c4c3)N=C21. The van der Waals surface area contributed by atoms with Crippen molar-refractivity contribution in [1.29, 1.82) is 0 Å². The van der Waals surface area contributed by atoms with E-state index in [4.69, 9.17) is 14.5 Å². The third kappa shape index (κ3) is 5.03. The van der Waals surface area contributed by atoms with E-state index in [-0.39, 0.29) is 18.6 Å². The number of aliphatic imine (C=N–C) groups is 1. The van der Waals surface area contributed by atoms with Crippen molar-refractivity contribution in [2.45, 2.75) is 18.9 Å². The lowest BCUT2D eigenvalue weighted by atomic mass is 9.95. The predicted octanol–water partition coefficient (Wildman–Crippen LogP) is 2.34. The van der Waals surface area contributed by atoms with Gasteiger partial charge in [-0.15, -0.1) is 0 Å². The lowest BCUT2D eigenvalue weighted by Gasteiger charge is -2.23. The topological polar surface area (TPSA) is 115 Å². The van der Waals surface area contributed by atoms with Crippen LogP contribution in [0.25, 0.3) is 10.9 Å². The third-order valence-electron chi connectivity index (χ3n) is 5.06. The van der Waals surface area contributed by atoms with E-state index < -0.39 is 5.91 Å². The average Bonchev–Trinajstić information content (AvgIpc) is 2.79. The summed E-state index contributed by atoms with van der Waals surface area (Å²) in [5, 5.41) is 6.09. The fraction of sp³-hybridized carbons (Fsp3) is 0.318. The summed E-state index contributed by atoms with van der Waals surface area (Å²) in [7, 11) is 1.59. The predicted molar refractivity (Wildman–Crippen MR) is 123 cm³/mol. The van der Waals surface area contributed by atoms with Crippen molar-refractivity contribution in [3.8, 4) is 5.75 Å². The first-order valence-electron chi connectivity index (χ1n) is 10.2. The number of ether oxygens (including phenoxy) is 2. The molecule has 9 nitrogen and oxygen atoms in total. The lowest BCUT2D eigenvalue weighted by molar-refractivity contribution is -0.123. The minimum atomic E-state index is -0.410. The molecule has 0 fully saturated rings. The second-order valence-electron chi connectivity index (χ2n) is 7.21. The normalized spacial score (nSPS) is 20.2. The number of aromatic nitrogens is 2. The van der Waals surface area contributed by atoms with Crippen LogP contribution in [0.5, 0.6) is 5.75 Å². The van der Waals surface area contributed by atoms with Gasteiger partial charge in [-0.25, -0.2) is 15.0 Å². The summed E-state index contributed by atoms with van der Waals surface area (Å²) in [5.41, 5.74) is 1.83. The van der Waals surface area contributed by atoms with Gasteiger partial charge in [-0.2, -0.15) is 0 Å². The molecule has 0 saturated heterocycles. The molecule has 2 aliphatic rings. The van der Waals surface area contributed by atoms with Crippen molar-refractivity contribution in [2.24, 2.45) is 4.99 Å². The van der Waals surface area contributed by atoms with Crippen LogP contribution in [0.1, 0.15) is 12.8 Å². The number of carbonyl (C=O) groups is 2. The summed E-state index contributed by atoms with van der Waals surface area (Å²) in [6.45, 7) is 0.734. The number of nitrogens with one attached hydrogen (secondary N) is 2. The van der Waals surface area contributed by atoms with Crippen LogP contribution in [0.2, 0.25) is 0 Å². The number of hydrogen-bond acceptors (Lipinski definition) is 7. The van der Waals surface area contributed by atoms with Crippen LogP contribution in [0, 0.1) is 0 Å². The van der Waals surface area contributed by atoms with Gasteiger partial charge in [-0.05, 0) is 31.0 Å². The highest BCUT2D eigenvalue weighted by Gasteiger charge is 2.27. The molecule has 1 unspecified atom stereocenters. The zero-order valence-corrected chi connectivity index (χ0v) is 19.0. The molecule has 1 atom stereocenters. The monoisotopic (exact) mass is 499 g/mol. The summed E-state index contributed by atoms with van der Waals surface area (Å²) >= 11 is 3.52. The molecule has 0 radical (unpaired) electrons. The molecule has 1 aliphatic carbocycles. The maximum Gasteiger partial charge on any atom is 0.245 e. The van der Waals surface area contributed by atoms with E-state index in [0.29, 0.717) is 53.3 Å². The van der Waals surface area contributed by atoms with Crippen molar-refractivity contribution < 1.29 is 19.1 Å².